The van der Waals surface area contributed by atoms with Crippen LogP contribution in [0.25, 0.3) is 0 Å². The van der Waals surface area contributed by atoms with Gasteiger partial charge in [0.25, 0.3) is 0 Å². The molecular formula is C16H33N3. The number of likely N-dealkylation sites (N-methyl/N-ethyl adjacent to an activating group) is 1. The Morgan fingerprint density at radius 2 is 1.89 bits per heavy atom. The summed E-state index contributed by atoms with van der Waals surface area (Å²) in [5.41, 5.74) is 0. The van der Waals surface area contributed by atoms with Crippen LogP contribution in [0.5, 0.6) is 0 Å². The van der Waals surface area contributed by atoms with E-state index >= 15 is 0 Å². The first-order chi connectivity index (χ1) is 9.24. The second-order valence-electron chi connectivity index (χ2n) is 6.51. The van der Waals surface area contributed by atoms with Gasteiger partial charge in [0.2, 0.25) is 0 Å². The van der Waals surface area contributed by atoms with Crippen LogP contribution in [0, 0.1) is 5.92 Å². The Labute approximate surface area is 119 Å². The summed E-state index contributed by atoms with van der Waals surface area (Å²) in [7, 11) is 2.29. The molecule has 3 heteroatoms. The summed E-state index contributed by atoms with van der Waals surface area (Å²) in [5, 5.41) is 3.72. The Kier molecular flexibility index (Phi) is 6.11. The lowest BCUT2D eigenvalue weighted by Crippen LogP contribution is -2.54. The minimum Gasteiger partial charge on any atom is -0.314 e. The SMILES string of the molecule is CCNC1CCCCC1CN1CCN(C)C(CC)C1. The zero-order valence-corrected chi connectivity index (χ0v) is 13.2. The summed E-state index contributed by atoms with van der Waals surface area (Å²) >= 11 is 0. The Balaban J connectivity index is 1.84. The van der Waals surface area contributed by atoms with Crippen molar-refractivity contribution in [2.75, 3.05) is 39.8 Å². The van der Waals surface area contributed by atoms with Crippen molar-refractivity contribution >= 4 is 0 Å². The van der Waals surface area contributed by atoms with E-state index in [-0.39, 0.29) is 0 Å². The van der Waals surface area contributed by atoms with Crippen molar-refractivity contribution in [2.45, 2.75) is 58.0 Å². The minimum absolute atomic E-state index is 0.773. The van der Waals surface area contributed by atoms with E-state index in [1.807, 2.05) is 0 Å². The van der Waals surface area contributed by atoms with Crippen LogP contribution in [0.2, 0.25) is 0 Å². The maximum absolute atomic E-state index is 3.72. The standard InChI is InChI=1S/C16H33N3/c1-4-15-13-19(11-10-18(15)3)12-14-8-6-7-9-16(14)17-5-2/h14-17H,4-13H2,1-3H3. The summed E-state index contributed by atoms with van der Waals surface area (Å²) in [6.45, 7) is 10.8. The molecule has 1 heterocycles. The van der Waals surface area contributed by atoms with Gasteiger partial charge in [-0.25, -0.2) is 0 Å². The highest BCUT2D eigenvalue weighted by atomic mass is 15.3. The maximum Gasteiger partial charge on any atom is 0.0218 e. The molecule has 0 aromatic rings. The summed E-state index contributed by atoms with van der Waals surface area (Å²) in [4.78, 5) is 5.27. The van der Waals surface area contributed by atoms with Crippen LogP contribution in [-0.2, 0) is 0 Å². The van der Waals surface area contributed by atoms with E-state index in [1.54, 1.807) is 0 Å². The lowest BCUT2D eigenvalue weighted by molar-refractivity contribution is 0.0693. The van der Waals surface area contributed by atoms with Crippen molar-refractivity contribution in [1.29, 1.82) is 0 Å². The number of rotatable bonds is 5. The third-order valence-corrected chi connectivity index (χ3v) is 5.20. The molecule has 0 amide bonds. The molecule has 0 radical (unpaired) electrons. The molecule has 0 aromatic carbocycles. The van der Waals surface area contributed by atoms with Crippen LogP contribution in [0.3, 0.4) is 0 Å². The van der Waals surface area contributed by atoms with Crippen LogP contribution >= 0.6 is 0 Å². The van der Waals surface area contributed by atoms with Crippen LogP contribution < -0.4 is 5.32 Å². The average Bonchev–Trinajstić information content (AvgIpc) is 2.43. The molecule has 3 nitrogen and oxygen atoms in total. The molecule has 2 rings (SSSR count). The fourth-order valence-electron chi connectivity index (χ4n) is 3.91. The van der Waals surface area contributed by atoms with E-state index in [1.165, 1.54) is 58.3 Å². The van der Waals surface area contributed by atoms with E-state index < -0.39 is 0 Å². The molecule has 1 N–H and O–H groups in total. The van der Waals surface area contributed by atoms with Crippen molar-refractivity contribution in [2.24, 2.45) is 5.92 Å². The van der Waals surface area contributed by atoms with E-state index in [4.69, 9.17) is 0 Å². The van der Waals surface area contributed by atoms with Crippen molar-refractivity contribution in [3.8, 4) is 0 Å². The molecule has 3 unspecified atom stereocenters. The minimum atomic E-state index is 0.773. The molecule has 1 aliphatic carbocycles. The van der Waals surface area contributed by atoms with E-state index in [2.05, 4.69) is 36.0 Å². The van der Waals surface area contributed by atoms with Gasteiger partial charge in [-0.3, -0.25) is 0 Å². The fraction of sp³-hybridized carbons (Fsp3) is 1.00. The van der Waals surface area contributed by atoms with Gasteiger partial charge in [0.1, 0.15) is 0 Å². The van der Waals surface area contributed by atoms with Gasteiger partial charge in [0.05, 0.1) is 0 Å². The highest BCUT2D eigenvalue weighted by Gasteiger charge is 2.29. The van der Waals surface area contributed by atoms with Crippen molar-refractivity contribution in [3.05, 3.63) is 0 Å². The van der Waals surface area contributed by atoms with Crippen molar-refractivity contribution in [1.82, 2.24) is 15.1 Å². The second-order valence-corrected chi connectivity index (χ2v) is 6.51. The van der Waals surface area contributed by atoms with Gasteiger partial charge in [0.15, 0.2) is 0 Å². The van der Waals surface area contributed by atoms with Gasteiger partial charge in [-0.1, -0.05) is 26.7 Å². The molecule has 2 aliphatic rings. The topological polar surface area (TPSA) is 18.5 Å². The summed E-state index contributed by atoms with van der Waals surface area (Å²) < 4.78 is 0. The molecule has 0 spiro atoms. The first kappa shape index (κ1) is 15.3. The van der Waals surface area contributed by atoms with Crippen molar-refractivity contribution in [3.63, 3.8) is 0 Å². The highest BCUT2D eigenvalue weighted by molar-refractivity contribution is 4.86. The summed E-state index contributed by atoms with van der Waals surface area (Å²) in [5.74, 6) is 0.884. The third-order valence-electron chi connectivity index (χ3n) is 5.20. The van der Waals surface area contributed by atoms with Crippen LogP contribution in [0.4, 0.5) is 0 Å². The van der Waals surface area contributed by atoms with E-state index in [0.717, 1.165) is 24.5 Å². The van der Waals surface area contributed by atoms with E-state index in [0.29, 0.717) is 0 Å². The Hall–Kier alpha value is -0.120. The lowest BCUT2D eigenvalue weighted by atomic mass is 9.84. The Bertz CT molecular complexity index is 254. The molecule has 3 atom stereocenters. The van der Waals surface area contributed by atoms with Crippen LogP contribution in [-0.4, -0.2) is 61.7 Å². The van der Waals surface area contributed by atoms with Crippen LogP contribution in [0.1, 0.15) is 46.0 Å². The lowest BCUT2D eigenvalue weighted by Gasteiger charge is -2.42. The summed E-state index contributed by atoms with van der Waals surface area (Å²) in [6, 6.07) is 1.55. The largest absolute Gasteiger partial charge is 0.314 e. The molecule has 0 bridgehead atoms. The first-order valence-corrected chi connectivity index (χ1v) is 8.40. The monoisotopic (exact) mass is 267 g/mol. The van der Waals surface area contributed by atoms with Gasteiger partial charge in [-0.15, -0.1) is 0 Å². The smallest absolute Gasteiger partial charge is 0.0218 e. The van der Waals surface area contributed by atoms with Gasteiger partial charge in [-0.05, 0) is 38.8 Å². The number of hydrogen-bond donors (Lipinski definition) is 1. The van der Waals surface area contributed by atoms with Crippen molar-refractivity contribution < 1.29 is 0 Å². The molecule has 1 aliphatic heterocycles. The first-order valence-electron chi connectivity index (χ1n) is 8.40. The predicted molar refractivity (Wildman–Crippen MR) is 82.6 cm³/mol. The molecular weight excluding hydrogens is 234 g/mol. The van der Waals surface area contributed by atoms with Gasteiger partial charge in [-0.2, -0.15) is 0 Å². The number of piperazine rings is 1. The van der Waals surface area contributed by atoms with Gasteiger partial charge in [0, 0.05) is 38.3 Å². The molecule has 1 saturated carbocycles. The van der Waals surface area contributed by atoms with E-state index in [9.17, 15) is 0 Å². The quantitative estimate of drug-likeness (QED) is 0.824. The number of nitrogens with zero attached hydrogens (tertiary/aromatic N) is 2. The molecule has 1 saturated heterocycles. The van der Waals surface area contributed by atoms with Gasteiger partial charge >= 0.3 is 0 Å². The average molecular weight is 267 g/mol. The summed E-state index contributed by atoms with van der Waals surface area (Å²) in [6.07, 6.45) is 6.98. The molecule has 19 heavy (non-hydrogen) atoms. The zero-order valence-electron chi connectivity index (χ0n) is 13.2. The number of hydrogen-bond acceptors (Lipinski definition) is 3. The zero-order chi connectivity index (χ0) is 13.7. The van der Waals surface area contributed by atoms with Crippen LogP contribution in [0.15, 0.2) is 0 Å². The third kappa shape index (κ3) is 4.17. The normalized spacial score (nSPS) is 34.6. The fourth-order valence-corrected chi connectivity index (χ4v) is 3.91. The molecule has 0 aromatic heterocycles. The number of nitrogens with one attached hydrogen (secondary N) is 1. The maximum atomic E-state index is 3.72. The molecule has 2 fully saturated rings. The Morgan fingerprint density at radius 1 is 1.11 bits per heavy atom. The van der Waals surface area contributed by atoms with Gasteiger partial charge < -0.3 is 15.1 Å². The predicted octanol–water partition coefficient (Wildman–Crippen LogP) is 2.18. The Morgan fingerprint density at radius 3 is 2.63 bits per heavy atom. The highest BCUT2D eigenvalue weighted by Crippen LogP contribution is 2.26. The molecule has 112 valence electrons. The second kappa shape index (κ2) is 7.61.